The molecule has 0 aliphatic carbocycles. The van der Waals surface area contributed by atoms with Crippen molar-refractivity contribution in [3.05, 3.63) is 82.3 Å². The van der Waals surface area contributed by atoms with E-state index >= 15 is 0 Å². The van der Waals surface area contributed by atoms with Crippen LogP contribution < -0.4 is 9.80 Å². The summed E-state index contributed by atoms with van der Waals surface area (Å²) in [5.41, 5.74) is 3.14. The van der Waals surface area contributed by atoms with Crippen LogP contribution in [0, 0.1) is 6.92 Å². The molecule has 37 heavy (non-hydrogen) atoms. The lowest BCUT2D eigenvalue weighted by atomic mass is 10.1. The molecule has 0 atom stereocenters. The fourth-order valence-electron chi connectivity index (χ4n) is 4.76. The second kappa shape index (κ2) is 9.16. The van der Waals surface area contributed by atoms with E-state index in [4.69, 9.17) is 28.2 Å². The summed E-state index contributed by atoms with van der Waals surface area (Å²) in [6.45, 7) is 4.94. The summed E-state index contributed by atoms with van der Waals surface area (Å²) >= 11 is 12.6. The van der Waals surface area contributed by atoms with Gasteiger partial charge in [0.25, 0.3) is 0 Å². The molecule has 5 aromatic rings. The van der Waals surface area contributed by atoms with E-state index in [0.717, 1.165) is 29.7 Å². The van der Waals surface area contributed by atoms with Crippen LogP contribution in [0.3, 0.4) is 0 Å². The van der Waals surface area contributed by atoms with Crippen LogP contribution in [0.2, 0.25) is 10.0 Å². The molecule has 3 aromatic carbocycles. The van der Waals surface area contributed by atoms with Crippen LogP contribution >= 0.6 is 23.2 Å². The minimum atomic E-state index is -3.92. The zero-order valence-electron chi connectivity index (χ0n) is 19.8. The van der Waals surface area contributed by atoms with E-state index < -0.39 is 9.84 Å². The maximum atomic E-state index is 13.4. The highest BCUT2D eigenvalue weighted by molar-refractivity contribution is 7.91. The number of hydrogen-bond acceptors (Lipinski definition) is 7. The first-order valence-electron chi connectivity index (χ1n) is 11.7. The molecule has 0 N–H and O–H groups in total. The van der Waals surface area contributed by atoms with Gasteiger partial charge in [-0.1, -0.05) is 52.7 Å². The van der Waals surface area contributed by atoms with Gasteiger partial charge < -0.3 is 9.80 Å². The number of fused-ring (bicyclic) bond motifs is 3. The third-order valence-electron chi connectivity index (χ3n) is 6.66. The number of nitrogens with zero attached hydrogens (tertiary/aromatic N) is 6. The normalized spacial score (nSPS) is 14.6. The lowest BCUT2D eigenvalue weighted by Crippen LogP contribution is -2.47. The van der Waals surface area contributed by atoms with Crippen LogP contribution in [0.4, 0.5) is 11.5 Å². The molecule has 1 saturated heterocycles. The van der Waals surface area contributed by atoms with Crippen molar-refractivity contribution in [2.75, 3.05) is 36.0 Å². The summed E-state index contributed by atoms with van der Waals surface area (Å²) in [6.07, 6.45) is 0. The van der Waals surface area contributed by atoms with E-state index in [1.165, 1.54) is 4.52 Å². The predicted molar refractivity (Wildman–Crippen MR) is 146 cm³/mol. The fourth-order valence-corrected chi connectivity index (χ4v) is 6.36. The Labute approximate surface area is 224 Å². The number of aryl methyl sites for hydroxylation is 1. The van der Waals surface area contributed by atoms with Gasteiger partial charge >= 0.3 is 0 Å². The molecular formula is C26H22Cl2N6O2S. The Kier molecular flexibility index (Phi) is 5.94. The second-order valence-electron chi connectivity index (χ2n) is 8.95. The molecule has 0 spiro atoms. The Balaban J connectivity index is 1.44. The number of sulfone groups is 1. The molecule has 0 bridgehead atoms. The van der Waals surface area contributed by atoms with E-state index in [-0.39, 0.29) is 15.6 Å². The highest BCUT2D eigenvalue weighted by atomic mass is 35.5. The third kappa shape index (κ3) is 4.17. The van der Waals surface area contributed by atoms with Crippen molar-refractivity contribution in [1.82, 2.24) is 19.8 Å². The largest absolute Gasteiger partial charge is 0.368 e. The average molecular weight is 553 g/mol. The molecule has 11 heteroatoms. The van der Waals surface area contributed by atoms with Crippen molar-refractivity contribution in [3.8, 4) is 0 Å². The van der Waals surface area contributed by atoms with E-state index in [1.54, 1.807) is 36.4 Å². The molecule has 3 heterocycles. The summed E-state index contributed by atoms with van der Waals surface area (Å²) in [7, 11) is -3.92. The number of hydrogen-bond donors (Lipinski definition) is 0. The summed E-state index contributed by atoms with van der Waals surface area (Å²) < 4.78 is 28.3. The Hall–Kier alpha value is -3.40. The summed E-state index contributed by atoms with van der Waals surface area (Å²) in [5.74, 6) is 0.652. The van der Waals surface area contributed by atoms with Gasteiger partial charge in [-0.25, -0.2) is 13.4 Å². The molecule has 1 aliphatic heterocycles. The zero-order valence-corrected chi connectivity index (χ0v) is 22.2. The predicted octanol–water partition coefficient (Wildman–Crippen LogP) is 5.05. The van der Waals surface area contributed by atoms with Crippen molar-refractivity contribution < 1.29 is 8.42 Å². The van der Waals surface area contributed by atoms with Gasteiger partial charge in [0.05, 0.1) is 10.4 Å². The van der Waals surface area contributed by atoms with E-state index in [9.17, 15) is 8.42 Å². The third-order valence-corrected chi connectivity index (χ3v) is 8.79. The first-order valence-corrected chi connectivity index (χ1v) is 14.0. The minimum absolute atomic E-state index is 0.141. The van der Waals surface area contributed by atoms with Crippen molar-refractivity contribution >= 4 is 61.1 Å². The number of rotatable bonds is 4. The Morgan fingerprint density at radius 3 is 2.27 bits per heavy atom. The van der Waals surface area contributed by atoms with Gasteiger partial charge in [0.1, 0.15) is 5.82 Å². The molecule has 0 saturated carbocycles. The van der Waals surface area contributed by atoms with Crippen LogP contribution in [-0.4, -0.2) is 54.4 Å². The van der Waals surface area contributed by atoms with E-state index in [2.05, 4.69) is 27.0 Å². The van der Waals surface area contributed by atoms with Crippen LogP contribution in [0.25, 0.3) is 16.6 Å². The second-order valence-corrected chi connectivity index (χ2v) is 11.7. The lowest BCUT2D eigenvalue weighted by Gasteiger charge is -2.37. The summed E-state index contributed by atoms with van der Waals surface area (Å²) in [5, 5.41) is 10.1. The maximum absolute atomic E-state index is 13.4. The summed E-state index contributed by atoms with van der Waals surface area (Å²) in [4.78, 5) is 9.43. The molecule has 0 amide bonds. The van der Waals surface area contributed by atoms with Crippen LogP contribution in [-0.2, 0) is 9.84 Å². The number of benzene rings is 3. The molecule has 2 aromatic heterocycles. The molecule has 1 aliphatic rings. The van der Waals surface area contributed by atoms with E-state index in [1.807, 2.05) is 30.3 Å². The Morgan fingerprint density at radius 1 is 0.838 bits per heavy atom. The van der Waals surface area contributed by atoms with Gasteiger partial charge in [0.2, 0.25) is 14.9 Å². The van der Waals surface area contributed by atoms with Crippen molar-refractivity contribution in [3.63, 3.8) is 0 Å². The first kappa shape index (κ1) is 24.0. The zero-order chi connectivity index (χ0) is 25.7. The standard InChI is InChI=1S/C26H22Cl2N6O2S/c1-17-7-8-19(28)16-23(17)32-11-13-33(14-12-32)24-21-15-18(27)9-10-22(21)34-25(29-24)26(30-31-34)37(35,36)20-5-3-2-4-6-20/h2-10,15-16H,11-14H2,1H3. The van der Waals surface area contributed by atoms with Gasteiger partial charge in [-0.2, -0.15) is 4.52 Å². The van der Waals surface area contributed by atoms with Crippen LogP contribution in [0.1, 0.15) is 5.56 Å². The monoisotopic (exact) mass is 552 g/mol. The highest BCUT2D eigenvalue weighted by Crippen LogP contribution is 2.33. The molecule has 188 valence electrons. The molecule has 0 radical (unpaired) electrons. The smallest absolute Gasteiger partial charge is 0.229 e. The maximum Gasteiger partial charge on any atom is 0.229 e. The van der Waals surface area contributed by atoms with Crippen molar-refractivity contribution in [2.24, 2.45) is 0 Å². The molecular weight excluding hydrogens is 531 g/mol. The summed E-state index contributed by atoms with van der Waals surface area (Å²) in [6, 6.07) is 19.5. The van der Waals surface area contributed by atoms with Crippen molar-refractivity contribution in [2.45, 2.75) is 16.8 Å². The number of anilines is 2. The van der Waals surface area contributed by atoms with Gasteiger partial charge in [0, 0.05) is 47.3 Å². The lowest BCUT2D eigenvalue weighted by molar-refractivity contribution is 0.592. The molecule has 6 rings (SSSR count). The topological polar surface area (TPSA) is 83.7 Å². The van der Waals surface area contributed by atoms with Gasteiger partial charge in [-0.15, -0.1) is 5.10 Å². The Bertz CT molecular complexity index is 1750. The van der Waals surface area contributed by atoms with E-state index in [0.29, 0.717) is 34.5 Å². The van der Waals surface area contributed by atoms with Crippen LogP contribution in [0.15, 0.2) is 76.7 Å². The first-order chi connectivity index (χ1) is 17.8. The van der Waals surface area contributed by atoms with Gasteiger partial charge in [-0.3, -0.25) is 0 Å². The minimum Gasteiger partial charge on any atom is -0.368 e. The number of halogens is 2. The number of piperazine rings is 1. The van der Waals surface area contributed by atoms with Crippen LogP contribution in [0.5, 0.6) is 0 Å². The van der Waals surface area contributed by atoms with Gasteiger partial charge in [-0.05, 0) is 55.0 Å². The fraction of sp³-hybridized carbons (Fsp3) is 0.192. The molecule has 8 nitrogen and oxygen atoms in total. The SMILES string of the molecule is Cc1ccc(Cl)cc1N1CCN(c2nc3c(S(=O)(=O)c4ccccc4)nnn3c3ccc(Cl)cc23)CC1. The van der Waals surface area contributed by atoms with Crippen molar-refractivity contribution in [1.29, 1.82) is 0 Å². The average Bonchev–Trinajstić information content (AvgIpc) is 3.35. The number of aromatic nitrogens is 4. The quantitative estimate of drug-likeness (QED) is 0.308. The van der Waals surface area contributed by atoms with Gasteiger partial charge in [0.15, 0.2) is 5.65 Å². The Morgan fingerprint density at radius 2 is 1.51 bits per heavy atom. The highest BCUT2D eigenvalue weighted by Gasteiger charge is 2.29. The molecule has 0 unspecified atom stereocenters. The molecule has 1 fully saturated rings.